The van der Waals surface area contributed by atoms with Crippen LogP contribution in [0.4, 0.5) is 0 Å². The fourth-order valence-corrected chi connectivity index (χ4v) is 4.10. The van der Waals surface area contributed by atoms with Crippen LogP contribution < -0.4 is 4.74 Å². The molecule has 0 N–H and O–H groups in total. The van der Waals surface area contributed by atoms with E-state index in [1.165, 1.54) is 48.8 Å². The van der Waals surface area contributed by atoms with Crippen molar-refractivity contribution in [3.05, 3.63) is 54.1 Å². The molecule has 4 rings (SSSR count). The average Bonchev–Trinajstić information content (AvgIpc) is 3.30. The summed E-state index contributed by atoms with van der Waals surface area (Å²) in [5.41, 5.74) is 4.48. The van der Waals surface area contributed by atoms with Crippen LogP contribution in [0.3, 0.4) is 0 Å². The van der Waals surface area contributed by atoms with Gasteiger partial charge in [0, 0.05) is 5.56 Å². The van der Waals surface area contributed by atoms with Crippen molar-refractivity contribution >= 4 is 0 Å². The molecular formula is C22H26O. The van der Waals surface area contributed by atoms with Gasteiger partial charge in [-0.25, -0.2) is 0 Å². The van der Waals surface area contributed by atoms with E-state index in [0.717, 1.165) is 5.75 Å². The van der Waals surface area contributed by atoms with Crippen LogP contribution in [-0.4, -0.2) is 6.10 Å². The van der Waals surface area contributed by atoms with Crippen LogP contribution in [0.15, 0.2) is 48.5 Å². The molecule has 0 radical (unpaired) electrons. The minimum absolute atomic E-state index is 0.354. The summed E-state index contributed by atoms with van der Waals surface area (Å²) in [6.45, 7) is 4.85. The highest BCUT2D eigenvalue weighted by atomic mass is 16.5. The zero-order valence-electron chi connectivity index (χ0n) is 14.2. The Balaban J connectivity index is 1.85. The van der Waals surface area contributed by atoms with Gasteiger partial charge in [-0.1, -0.05) is 62.7 Å². The van der Waals surface area contributed by atoms with E-state index in [4.69, 9.17) is 4.74 Å². The van der Waals surface area contributed by atoms with E-state index >= 15 is 0 Å². The number of ether oxygens (including phenoxy) is 1. The van der Waals surface area contributed by atoms with Gasteiger partial charge in [0.05, 0.1) is 6.10 Å². The van der Waals surface area contributed by atoms with E-state index in [9.17, 15) is 0 Å². The van der Waals surface area contributed by atoms with Crippen molar-refractivity contribution in [3.63, 3.8) is 0 Å². The Hall–Kier alpha value is -1.76. The first kappa shape index (κ1) is 14.8. The van der Waals surface area contributed by atoms with Gasteiger partial charge in [-0.15, -0.1) is 0 Å². The lowest BCUT2D eigenvalue weighted by Crippen LogP contribution is -2.17. The molecule has 23 heavy (non-hydrogen) atoms. The largest absolute Gasteiger partial charge is 0.490 e. The van der Waals surface area contributed by atoms with Crippen molar-refractivity contribution in [1.82, 2.24) is 0 Å². The zero-order chi connectivity index (χ0) is 15.9. The Morgan fingerprint density at radius 1 is 0.913 bits per heavy atom. The standard InChI is InChI=1S/C22H26O/c1-22(2)15-7-11-19(22)21-18(16-8-4-3-5-9-16)10-6-12-20(21)23-17-13-14-17/h3-6,8-10,12,17,19H,7,11,13-15H2,1-2H3/t19-/m1/s1. The lowest BCUT2D eigenvalue weighted by molar-refractivity contribution is 0.282. The van der Waals surface area contributed by atoms with Gasteiger partial charge in [0.15, 0.2) is 0 Å². The maximum absolute atomic E-state index is 6.32. The van der Waals surface area contributed by atoms with Gasteiger partial charge >= 0.3 is 0 Å². The summed E-state index contributed by atoms with van der Waals surface area (Å²) in [5, 5.41) is 0. The molecule has 1 nitrogen and oxygen atoms in total. The minimum atomic E-state index is 0.354. The smallest absolute Gasteiger partial charge is 0.123 e. The summed E-state index contributed by atoms with van der Waals surface area (Å²) in [5.74, 6) is 1.72. The van der Waals surface area contributed by atoms with Gasteiger partial charge < -0.3 is 4.74 Å². The van der Waals surface area contributed by atoms with E-state index in [0.29, 0.717) is 17.4 Å². The second-order valence-electron chi connectivity index (χ2n) is 7.83. The second-order valence-corrected chi connectivity index (χ2v) is 7.83. The predicted octanol–water partition coefficient (Wildman–Crippen LogP) is 6.19. The van der Waals surface area contributed by atoms with Crippen LogP contribution in [-0.2, 0) is 0 Å². The molecule has 0 saturated heterocycles. The molecule has 2 fully saturated rings. The lowest BCUT2D eigenvalue weighted by Gasteiger charge is -2.31. The van der Waals surface area contributed by atoms with Crippen molar-refractivity contribution < 1.29 is 4.74 Å². The van der Waals surface area contributed by atoms with Crippen LogP contribution in [0, 0.1) is 5.41 Å². The van der Waals surface area contributed by atoms with Crippen molar-refractivity contribution in [2.45, 2.75) is 58.0 Å². The number of hydrogen-bond donors (Lipinski definition) is 0. The molecule has 2 saturated carbocycles. The van der Waals surface area contributed by atoms with Gasteiger partial charge in [0.25, 0.3) is 0 Å². The second kappa shape index (κ2) is 5.70. The van der Waals surface area contributed by atoms with Crippen LogP contribution in [0.5, 0.6) is 5.75 Å². The third-order valence-corrected chi connectivity index (χ3v) is 5.57. The summed E-state index contributed by atoms with van der Waals surface area (Å²) in [6, 6.07) is 17.4. The minimum Gasteiger partial charge on any atom is -0.490 e. The van der Waals surface area contributed by atoms with Crippen molar-refractivity contribution in [2.75, 3.05) is 0 Å². The van der Waals surface area contributed by atoms with Gasteiger partial charge in [0.2, 0.25) is 0 Å². The van der Waals surface area contributed by atoms with Crippen LogP contribution in [0.1, 0.15) is 57.4 Å². The highest BCUT2D eigenvalue weighted by Gasteiger charge is 2.39. The first-order chi connectivity index (χ1) is 11.1. The zero-order valence-corrected chi connectivity index (χ0v) is 14.2. The quantitative estimate of drug-likeness (QED) is 0.654. The molecule has 2 aromatic rings. The molecule has 0 aromatic heterocycles. The van der Waals surface area contributed by atoms with Gasteiger partial charge in [-0.05, 0) is 54.2 Å². The summed E-state index contributed by atoms with van der Waals surface area (Å²) < 4.78 is 6.32. The van der Waals surface area contributed by atoms with E-state index in [1.807, 2.05) is 0 Å². The van der Waals surface area contributed by atoms with E-state index in [2.05, 4.69) is 62.4 Å². The van der Waals surface area contributed by atoms with Crippen LogP contribution in [0.2, 0.25) is 0 Å². The topological polar surface area (TPSA) is 9.23 Å². The van der Waals surface area contributed by atoms with Gasteiger partial charge in [-0.3, -0.25) is 0 Å². The van der Waals surface area contributed by atoms with E-state index in [1.54, 1.807) is 0 Å². The molecule has 0 bridgehead atoms. The molecule has 2 aliphatic rings. The molecule has 1 atom stereocenters. The Bertz CT molecular complexity index is 682. The third kappa shape index (κ3) is 2.89. The maximum atomic E-state index is 6.32. The molecule has 1 heteroatoms. The average molecular weight is 306 g/mol. The molecule has 2 aliphatic carbocycles. The number of rotatable bonds is 4. The Labute approximate surface area is 139 Å². The number of benzene rings is 2. The molecule has 0 heterocycles. The predicted molar refractivity (Wildman–Crippen MR) is 95.9 cm³/mol. The fourth-order valence-electron chi connectivity index (χ4n) is 4.10. The molecule has 0 amide bonds. The molecule has 0 spiro atoms. The molecule has 120 valence electrons. The lowest BCUT2D eigenvalue weighted by atomic mass is 9.75. The monoisotopic (exact) mass is 306 g/mol. The summed E-state index contributed by atoms with van der Waals surface area (Å²) in [6.07, 6.45) is 6.78. The highest BCUT2D eigenvalue weighted by Crippen LogP contribution is 2.53. The molecule has 2 aromatic carbocycles. The molecule has 0 unspecified atom stereocenters. The summed E-state index contributed by atoms with van der Waals surface area (Å²) in [7, 11) is 0. The highest BCUT2D eigenvalue weighted by molar-refractivity contribution is 5.71. The first-order valence-corrected chi connectivity index (χ1v) is 9.00. The van der Waals surface area contributed by atoms with Crippen molar-refractivity contribution in [1.29, 1.82) is 0 Å². The third-order valence-electron chi connectivity index (χ3n) is 5.57. The van der Waals surface area contributed by atoms with E-state index in [-0.39, 0.29) is 0 Å². The summed E-state index contributed by atoms with van der Waals surface area (Å²) in [4.78, 5) is 0. The fraction of sp³-hybridized carbons (Fsp3) is 0.455. The van der Waals surface area contributed by atoms with Gasteiger partial charge in [0.1, 0.15) is 5.75 Å². The molecular weight excluding hydrogens is 280 g/mol. The van der Waals surface area contributed by atoms with Crippen LogP contribution >= 0.6 is 0 Å². The Kier molecular flexibility index (Phi) is 3.67. The SMILES string of the molecule is CC1(C)CCC[C@@H]1c1c(OC2CC2)cccc1-c1ccccc1. The molecule has 0 aliphatic heterocycles. The number of hydrogen-bond acceptors (Lipinski definition) is 1. The summed E-state index contributed by atoms with van der Waals surface area (Å²) >= 11 is 0. The van der Waals surface area contributed by atoms with Gasteiger partial charge in [-0.2, -0.15) is 0 Å². The van der Waals surface area contributed by atoms with Crippen LogP contribution in [0.25, 0.3) is 11.1 Å². The van der Waals surface area contributed by atoms with Crippen molar-refractivity contribution in [2.24, 2.45) is 5.41 Å². The van der Waals surface area contributed by atoms with Crippen molar-refractivity contribution in [3.8, 4) is 16.9 Å². The maximum Gasteiger partial charge on any atom is 0.123 e. The normalized spacial score (nSPS) is 23.0. The Morgan fingerprint density at radius 2 is 1.70 bits per heavy atom. The Morgan fingerprint density at radius 3 is 2.35 bits per heavy atom. The van der Waals surface area contributed by atoms with E-state index < -0.39 is 0 Å². The first-order valence-electron chi connectivity index (χ1n) is 9.00.